The highest BCUT2D eigenvalue weighted by molar-refractivity contribution is 5.62. The predicted octanol–water partition coefficient (Wildman–Crippen LogP) is 3.32. The lowest BCUT2D eigenvalue weighted by molar-refractivity contribution is -0.134. The second-order valence-corrected chi connectivity index (χ2v) is 6.73. The van der Waals surface area contributed by atoms with Crippen molar-refractivity contribution >= 4 is 5.97 Å². The fourth-order valence-electron chi connectivity index (χ4n) is 2.76. The Bertz CT molecular complexity index is 478. The molecule has 6 heteroatoms. The zero-order valence-corrected chi connectivity index (χ0v) is 18.1. The average molecular weight is 397 g/mol. The number of β-amino-alcohol motifs (C(OH)–C–C–N with tert-alkyl or cyclic N) is 1. The molecule has 0 amide bonds. The third-order valence-corrected chi connectivity index (χ3v) is 4.14. The van der Waals surface area contributed by atoms with Crippen molar-refractivity contribution in [3.8, 4) is 5.75 Å². The Kier molecular flexibility index (Phi) is 16.5. The Morgan fingerprint density at radius 3 is 2.21 bits per heavy atom. The number of aliphatic carboxylic acids is 1. The van der Waals surface area contributed by atoms with E-state index in [0.29, 0.717) is 0 Å². The van der Waals surface area contributed by atoms with E-state index in [2.05, 4.69) is 29.3 Å². The number of ether oxygens (including phenoxy) is 1. The largest absolute Gasteiger partial charge is 0.494 e. The van der Waals surface area contributed by atoms with Crippen LogP contribution >= 0.6 is 0 Å². The molecule has 2 aliphatic rings. The number of nitrogens with one attached hydrogen (secondary N) is 1. The van der Waals surface area contributed by atoms with Crippen LogP contribution in [-0.4, -0.2) is 66.5 Å². The molecule has 1 aromatic rings. The summed E-state index contributed by atoms with van der Waals surface area (Å²) < 4.78 is 5.69. The van der Waals surface area contributed by atoms with Crippen LogP contribution in [0.1, 0.15) is 52.0 Å². The summed E-state index contributed by atoms with van der Waals surface area (Å²) in [6.07, 6.45) is 4.75. The maximum Gasteiger partial charge on any atom is 0.300 e. The lowest BCUT2D eigenvalue weighted by Crippen LogP contribution is -2.21. The molecule has 0 spiro atoms. The Labute approximate surface area is 170 Å². The summed E-state index contributed by atoms with van der Waals surface area (Å²) in [6, 6.07) is 8.28. The van der Waals surface area contributed by atoms with Crippen LogP contribution in [0, 0.1) is 6.92 Å². The molecule has 1 aromatic carbocycles. The van der Waals surface area contributed by atoms with E-state index in [1.165, 1.54) is 38.0 Å². The van der Waals surface area contributed by atoms with Crippen LogP contribution in [-0.2, 0) is 4.79 Å². The molecule has 2 fully saturated rings. The third kappa shape index (κ3) is 15.4. The van der Waals surface area contributed by atoms with Crippen LogP contribution in [0.25, 0.3) is 0 Å². The lowest BCUT2D eigenvalue weighted by atomic mass is 10.2. The number of hydrogen-bond donors (Lipinski definition) is 3. The number of rotatable bonds is 5. The SMILES string of the molecule is CC.CC(=O)O.Cc1ccc(OCCCN2CCCC2)cc1.O[C@@H]1CCNC1. The van der Waals surface area contributed by atoms with Crippen LogP contribution in [0.4, 0.5) is 0 Å². The lowest BCUT2D eigenvalue weighted by Gasteiger charge is -2.14. The minimum absolute atomic E-state index is 0.0648. The van der Waals surface area contributed by atoms with Crippen LogP contribution < -0.4 is 10.1 Å². The molecular formula is C22H40N2O4. The van der Waals surface area contributed by atoms with Gasteiger partial charge in [0.1, 0.15) is 5.75 Å². The van der Waals surface area contributed by atoms with Gasteiger partial charge in [-0.2, -0.15) is 0 Å². The van der Waals surface area contributed by atoms with E-state index in [4.69, 9.17) is 19.7 Å². The number of aryl methyl sites for hydroxylation is 1. The molecule has 0 saturated carbocycles. The van der Waals surface area contributed by atoms with Gasteiger partial charge >= 0.3 is 0 Å². The van der Waals surface area contributed by atoms with E-state index in [1.807, 2.05) is 26.0 Å². The van der Waals surface area contributed by atoms with Crippen molar-refractivity contribution in [3.63, 3.8) is 0 Å². The fraction of sp³-hybridized carbons (Fsp3) is 0.682. The quantitative estimate of drug-likeness (QED) is 0.663. The number of carboxylic acid groups (broad SMARTS) is 1. The maximum absolute atomic E-state index is 9.00. The number of carbonyl (C=O) groups is 1. The first-order valence-corrected chi connectivity index (χ1v) is 10.5. The molecule has 0 radical (unpaired) electrons. The van der Waals surface area contributed by atoms with E-state index in [0.717, 1.165) is 45.2 Å². The third-order valence-electron chi connectivity index (χ3n) is 4.14. The van der Waals surface area contributed by atoms with Gasteiger partial charge in [-0.1, -0.05) is 31.5 Å². The molecule has 0 unspecified atom stereocenters. The summed E-state index contributed by atoms with van der Waals surface area (Å²) >= 11 is 0. The predicted molar refractivity (Wildman–Crippen MR) is 115 cm³/mol. The number of benzene rings is 1. The average Bonchev–Trinajstić information content (AvgIpc) is 3.36. The number of hydrogen-bond acceptors (Lipinski definition) is 5. The first-order chi connectivity index (χ1) is 13.5. The highest BCUT2D eigenvalue weighted by Crippen LogP contribution is 2.12. The normalized spacial score (nSPS) is 18.0. The van der Waals surface area contributed by atoms with Crippen molar-refractivity contribution in [2.45, 2.75) is 59.5 Å². The summed E-state index contributed by atoms with van der Waals surface area (Å²) in [5, 5.41) is 19.1. The van der Waals surface area contributed by atoms with Crippen molar-refractivity contribution in [1.82, 2.24) is 10.2 Å². The number of aliphatic hydroxyl groups is 1. The Morgan fingerprint density at radius 2 is 1.79 bits per heavy atom. The van der Waals surface area contributed by atoms with E-state index in [-0.39, 0.29) is 6.10 Å². The van der Waals surface area contributed by atoms with Crippen LogP contribution in [0.3, 0.4) is 0 Å². The van der Waals surface area contributed by atoms with Gasteiger partial charge in [-0.25, -0.2) is 0 Å². The molecule has 0 bridgehead atoms. The first kappa shape index (κ1) is 26.4. The molecule has 2 heterocycles. The topological polar surface area (TPSA) is 82.0 Å². The van der Waals surface area contributed by atoms with Gasteiger partial charge in [0.2, 0.25) is 0 Å². The van der Waals surface area contributed by atoms with E-state index in [9.17, 15) is 0 Å². The summed E-state index contributed by atoms with van der Waals surface area (Å²) in [4.78, 5) is 11.5. The van der Waals surface area contributed by atoms with Gasteiger partial charge in [0, 0.05) is 20.0 Å². The van der Waals surface area contributed by atoms with Gasteiger partial charge in [0.05, 0.1) is 12.7 Å². The van der Waals surface area contributed by atoms with Crippen LogP contribution in [0.5, 0.6) is 5.75 Å². The van der Waals surface area contributed by atoms with Gasteiger partial charge in [0.25, 0.3) is 5.97 Å². The summed E-state index contributed by atoms with van der Waals surface area (Å²) in [6.45, 7) is 13.5. The van der Waals surface area contributed by atoms with Crippen molar-refractivity contribution < 1.29 is 19.7 Å². The van der Waals surface area contributed by atoms with E-state index < -0.39 is 5.97 Å². The summed E-state index contributed by atoms with van der Waals surface area (Å²) in [5.74, 6) is 0.159. The molecule has 1 atom stereocenters. The summed E-state index contributed by atoms with van der Waals surface area (Å²) in [7, 11) is 0. The van der Waals surface area contributed by atoms with Crippen LogP contribution in [0.2, 0.25) is 0 Å². The Balaban J connectivity index is 0.000000500. The molecule has 3 N–H and O–H groups in total. The summed E-state index contributed by atoms with van der Waals surface area (Å²) in [5.41, 5.74) is 1.28. The highest BCUT2D eigenvalue weighted by Gasteiger charge is 2.10. The van der Waals surface area contributed by atoms with Gasteiger partial charge in [-0.15, -0.1) is 0 Å². The number of aliphatic hydroxyl groups excluding tert-OH is 1. The standard InChI is InChI=1S/C14H21NO.C4H9NO.C2H4O2.C2H6/c1-13-5-7-14(8-6-13)16-12-4-11-15-9-2-3-10-15;6-4-1-2-5-3-4;1-2(3)4;1-2/h5-8H,2-4,9-12H2,1H3;4-6H,1-3H2;1H3,(H,3,4);1-2H3/t;4-;;/m.1../s1. The monoisotopic (exact) mass is 396 g/mol. The first-order valence-electron chi connectivity index (χ1n) is 10.5. The van der Waals surface area contributed by atoms with Gasteiger partial charge in [-0.05, 0) is 64.4 Å². The zero-order valence-electron chi connectivity index (χ0n) is 18.1. The Hall–Kier alpha value is -1.63. The van der Waals surface area contributed by atoms with Crippen molar-refractivity contribution in [2.75, 3.05) is 39.3 Å². The minimum Gasteiger partial charge on any atom is -0.494 e. The highest BCUT2D eigenvalue weighted by atomic mass is 16.5. The van der Waals surface area contributed by atoms with E-state index >= 15 is 0 Å². The Morgan fingerprint density at radius 1 is 1.21 bits per heavy atom. The molecular weight excluding hydrogens is 356 g/mol. The van der Waals surface area contributed by atoms with Crippen molar-refractivity contribution in [1.29, 1.82) is 0 Å². The maximum atomic E-state index is 9.00. The number of carboxylic acids is 1. The molecule has 6 nitrogen and oxygen atoms in total. The molecule has 0 aliphatic carbocycles. The van der Waals surface area contributed by atoms with Gasteiger partial charge in [-0.3, -0.25) is 4.79 Å². The second-order valence-electron chi connectivity index (χ2n) is 6.73. The van der Waals surface area contributed by atoms with Crippen LogP contribution in [0.15, 0.2) is 24.3 Å². The number of likely N-dealkylation sites (tertiary alicyclic amines) is 1. The molecule has 0 aromatic heterocycles. The molecule has 2 saturated heterocycles. The molecule has 2 aliphatic heterocycles. The number of nitrogens with zero attached hydrogens (tertiary/aromatic N) is 1. The van der Waals surface area contributed by atoms with Crippen molar-refractivity contribution in [2.24, 2.45) is 0 Å². The van der Waals surface area contributed by atoms with Gasteiger partial charge < -0.3 is 25.2 Å². The minimum atomic E-state index is -0.833. The second kappa shape index (κ2) is 17.5. The van der Waals surface area contributed by atoms with Crippen molar-refractivity contribution in [3.05, 3.63) is 29.8 Å². The van der Waals surface area contributed by atoms with E-state index in [1.54, 1.807) is 0 Å². The smallest absolute Gasteiger partial charge is 0.300 e. The zero-order chi connectivity index (χ0) is 21.2. The molecule has 3 rings (SSSR count). The molecule has 162 valence electrons. The fourth-order valence-corrected chi connectivity index (χ4v) is 2.76. The van der Waals surface area contributed by atoms with Gasteiger partial charge in [0.15, 0.2) is 0 Å². The molecule has 28 heavy (non-hydrogen) atoms.